The van der Waals surface area contributed by atoms with E-state index in [-0.39, 0.29) is 16.2 Å². The highest BCUT2D eigenvalue weighted by Gasteiger charge is 2.53. The Morgan fingerprint density at radius 3 is 2.71 bits per heavy atom. The maximum absolute atomic E-state index is 12.2. The van der Waals surface area contributed by atoms with Crippen LogP contribution in [-0.4, -0.2) is 51.4 Å². The van der Waals surface area contributed by atoms with Crippen LogP contribution in [0.25, 0.3) is 0 Å². The minimum Gasteiger partial charge on any atom is -0.477 e. The van der Waals surface area contributed by atoms with Crippen LogP contribution in [0, 0.1) is 0 Å². The lowest BCUT2D eigenvalue weighted by atomic mass is 9.86. The molecule has 132 valence electrons. The smallest absolute Gasteiger partial charge is 0.353 e. The number of nitrogens with one attached hydrogen (secondary N) is 1. The number of nitrogens with two attached hydrogens (primary N) is 1. The lowest BCUT2D eigenvalue weighted by Gasteiger charge is -2.49. The van der Waals surface area contributed by atoms with Crippen LogP contribution >= 0.6 is 11.6 Å². The summed E-state index contributed by atoms with van der Waals surface area (Å²) >= 11 is 5.90. The van der Waals surface area contributed by atoms with Crippen LogP contribution in [0.4, 0.5) is 0 Å². The zero-order chi connectivity index (χ0) is 17.3. The molecule has 0 saturated carbocycles. The van der Waals surface area contributed by atoms with Crippen molar-refractivity contribution >= 4 is 29.4 Å². The summed E-state index contributed by atoms with van der Waals surface area (Å²) in [6.07, 6.45) is 4.16. The number of allylic oxidation sites excluding steroid dienone is 2. The first-order chi connectivity index (χ1) is 10.8. The van der Waals surface area contributed by atoms with E-state index in [0.29, 0.717) is 18.4 Å². The summed E-state index contributed by atoms with van der Waals surface area (Å²) in [4.78, 5) is 36.7. The van der Waals surface area contributed by atoms with Crippen LogP contribution in [0.15, 0.2) is 35.0 Å². The summed E-state index contributed by atoms with van der Waals surface area (Å²) in [6.45, 7) is 5.46. The molecule has 3 atom stereocenters. The first-order valence-electron chi connectivity index (χ1n) is 7.12. The number of halogens is 1. The Morgan fingerprint density at radius 2 is 2.17 bits per heavy atom. The molecule has 2 amide bonds. The lowest BCUT2D eigenvalue weighted by Crippen LogP contribution is -2.72. The summed E-state index contributed by atoms with van der Waals surface area (Å²) < 4.78 is 0. The van der Waals surface area contributed by atoms with Gasteiger partial charge in [0, 0.05) is 5.03 Å². The molecule has 1 fully saturated rings. The number of carboxylic acid groups (broad SMARTS) is 1. The monoisotopic (exact) mass is 357 g/mol. The highest BCUT2D eigenvalue weighted by Crippen LogP contribution is 2.38. The third kappa shape index (κ3) is 3.35. The second-order valence-corrected chi connectivity index (χ2v) is 5.87. The molecule has 2 rings (SSSR count). The van der Waals surface area contributed by atoms with Gasteiger partial charge < -0.3 is 21.6 Å². The van der Waals surface area contributed by atoms with Crippen LogP contribution < -0.4 is 11.1 Å². The first kappa shape index (κ1) is 19.9. The number of nitrogens with zero attached hydrogens (tertiary/aromatic N) is 1. The average Bonchev–Trinajstić information content (AvgIpc) is 2.51. The topological polar surface area (TPSA) is 144 Å². The number of amides is 2. The summed E-state index contributed by atoms with van der Waals surface area (Å²) in [5.41, 5.74) is 5.99. The van der Waals surface area contributed by atoms with Crippen LogP contribution in [0.3, 0.4) is 0 Å². The van der Waals surface area contributed by atoms with Crippen molar-refractivity contribution in [2.24, 2.45) is 5.73 Å². The Labute approximate surface area is 143 Å². The molecular weight excluding hydrogens is 338 g/mol. The summed E-state index contributed by atoms with van der Waals surface area (Å²) in [5, 5.41) is 11.9. The van der Waals surface area contributed by atoms with Crippen LogP contribution in [0.5, 0.6) is 0 Å². The molecule has 0 aromatic heterocycles. The maximum Gasteiger partial charge on any atom is 0.353 e. The minimum atomic E-state index is -1.25. The van der Waals surface area contributed by atoms with Crippen molar-refractivity contribution in [1.29, 1.82) is 0 Å². The van der Waals surface area contributed by atoms with E-state index in [1.165, 1.54) is 0 Å². The SMILES string of the molecule is C=C(/C=C\C)[C@@H](N)C(=O)N[C@@H]1C(=O)N2C(C(=O)O)=C(Cl)CC[C@H]12.O. The first-order valence-corrected chi connectivity index (χ1v) is 7.49. The second-order valence-electron chi connectivity index (χ2n) is 5.41. The van der Waals surface area contributed by atoms with E-state index in [0.717, 1.165) is 4.90 Å². The van der Waals surface area contributed by atoms with Gasteiger partial charge in [-0.1, -0.05) is 30.3 Å². The van der Waals surface area contributed by atoms with Gasteiger partial charge in [-0.3, -0.25) is 14.5 Å². The van der Waals surface area contributed by atoms with Gasteiger partial charge in [-0.25, -0.2) is 4.79 Å². The quantitative estimate of drug-likeness (QED) is 0.454. The molecule has 0 radical (unpaired) electrons. The molecule has 24 heavy (non-hydrogen) atoms. The van der Waals surface area contributed by atoms with Gasteiger partial charge in [0.15, 0.2) is 0 Å². The van der Waals surface area contributed by atoms with Crippen molar-refractivity contribution in [1.82, 2.24) is 10.2 Å². The van der Waals surface area contributed by atoms with E-state index in [9.17, 15) is 19.5 Å². The molecule has 0 spiro atoms. The molecule has 0 bridgehead atoms. The van der Waals surface area contributed by atoms with Crippen molar-refractivity contribution in [2.45, 2.75) is 37.9 Å². The van der Waals surface area contributed by atoms with Gasteiger partial charge >= 0.3 is 5.97 Å². The Kier molecular flexibility index (Phi) is 6.30. The molecule has 2 aliphatic rings. The number of aliphatic carboxylic acids is 1. The van der Waals surface area contributed by atoms with E-state index in [1.807, 2.05) is 0 Å². The molecule has 2 heterocycles. The Hall–Kier alpha value is -2.16. The minimum absolute atomic E-state index is 0. The van der Waals surface area contributed by atoms with Crippen molar-refractivity contribution in [3.63, 3.8) is 0 Å². The molecule has 6 N–H and O–H groups in total. The fourth-order valence-corrected chi connectivity index (χ4v) is 3.03. The number of carbonyl (C=O) groups is 3. The highest BCUT2D eigenvalue weighted by molar-refractivity contribution is 6.32. The lowest BCUT2D eigenvalue weighted by molar-refractivity contribution is -0.155. The van der Waals surface area contributed by atoms with Crippen molar-refractivity contribution in [3.05, 3.63) is 35.0 Å². The molecule has 0 aliphatic carbocycles. The van der Waals surface area contributed by atoms with Gasteiger partial charge in [-0.2, -0.15) is 0 Å². The molecular formula is C15H20ClN3O5. The Balaban J connectivity index is 0.00000288. The van der Waals surface area contributed by atoms with Crippen molar-refractivity contribution in [3.8, 4) is 0 Å². The zero-order valence-electron chi connectivity index (χ0n) is 13.1. The predicted octanol–water partition coefficient (Wildman–Crippen LogP) is -0.354. The van der Waals surface area contributed by atoms with Crippen LogP contribution in [0.1, 0.15) is 19.8 Å². The van der Waals surface area contributed by atoms with Gasteiger partial charge in [0.05, 0.1) is 6.04 Å². The van der Waals surface area contributed by atoms with Gasteiger partial charge in [0.25, 0.3) is 5.91 Å². The molecule has 0 aromatic carbocycles. The number of carbonyl (C=O) groups excluding carboxylic acids is 2. The second kappa shape index (κ2) is 7.61. The standard InChI is InChI=1S/C15H18ClN3O4.H2O/c1-3-4-7(2)10(17)13(20)18-11-9-6-5-8(16)12(15(22)23)19(9)14(11)21;/h3-4,9-11H,2,5-6,17H2,1H3,(H,18,20)(H,22,23);1H2/b4-3-;/t9-,10-,11+;/m1./s1. The number of β-lactam (4-membered cyclic amide) rings is 1. The number of hydrogen-bond acceptors (Lipinski definition) is 4. The Bertz CT molecular complexity index is 643. The number of carboxylic acids is 1. The summed E-state index contributed by atoms with van der Waals surface area (Å²) in [5.74, 6) is -2.28. The fourth-order valence-electron chi connectivity index (χ4n) is 2.75. The molecule has 8 nitrogen and oxygen atoms in total. The predicted molar refractivity (Wildman–Crippen MR) is 87.9 cm³/mol. The van der Waals surface area contributed by atoms with Gasteiger partial charge in [-0.15, -0.1) is 0 Å². The van der Waals surface area contributed by atoms with Crippen LogP contribution in [0.2, 0.25) is 0 Å². The normalized spacial score (nSPS) is 24.0. The van der Waals surface area contributed by atoms with Crippen molar-refractivity contribution < 1.29 is 25.0 Å². The number of rotatable bonds is 5. The number of hydrogen-bond donors (Lipinski definition) is 3. The van der Waals surface area contributed by atoms with E-state index >= 15 is 0 Å². The van der Waals surface area contributed by atoms with E-state index < -0.39 is 35.9 Å². The zero-order valence-corrected chi connectivity index (χ0v) is 13.8. The summed E-state index contributed by atoms with van der Waals surface area (Å²) in [6, 6.07) is -2.16. The third-order valence-electron chi connectivity index (χ3n) is 3.94. The van der Waals surface area contributed by atoms with E-state index in [4.69, 9.17) is 17.3 Å². The maximum atomic E-state index is 12.2. The molecule has 2 aliphatic heterocycles. The molecule has 9 heteroatoms. The van der Waals surface area contributed by atoms with Crippen molar-refractivity contribution in [2.75, 3.05) is 0 Å². The average molecular weight is 358 g/mol. The van der Waals surface area contributed by atoms with Gasteiger partial charge in [0.1, 0.15) is 17.8 Å². The van der Waals surface area contributed by atoms with Crippen LogP contribution in [-0.2, 0) is 14.4 Å². The highest BCUT2D eigenvalue weighted by atomic mass is 35.5. The molecule has 0 unspecified atom stereocenters. The van der Waals surface area contributed by atoms with Gasteiger partial charge in [-0.05, 0) is 25.3 Å². The third-order valence-corrected chi connectivity index (χ3v) is 4.31. The molecule has 0 aromatic rings. The Morgan fingerprint density at radius 1 is 1.54 bits per heavy atom. The summed E-state index contributed by atoms with van der Waals surface area (Å²) in [7, 11) is 0. The van der Waals surface area contributed by atoms with E-state index in [1.54, 1.807) is 19.1 Å². The fraction of sp³-hybridized carbons (Fsp3) is 0.400. The van der Waals surface area contributed by atoms with E-state index in [2.05, 4.69) is 11.9 Å². The number of fused-ring (bicyclic) bond motifs is 1. The van der Waals surface area contributed by atoms with Gasteiger partial charge in [0.2, 0.25) is 5.91 Å². The largest absolute Gasteiger partial charge is 0.477 e. The molecule has 1 saturated heterocycles.